The molecule has 3 aliphatic rings. The van der Waals surface area contributed by atoms with E-state index in [9.17, 15) is 14.7 Å². The average molecular weight is 358 g/mol. The second-order valence-electron chi connectivity index (χ2n) is 8.10. The highest BCUT2D eigenvalue weighted by molar-refractivity contribution is 5.80. The lowest BCUT2D eigenvalue weighted by molar-refractivity contribution is -0.149. The molecule has 6 heteroatoms. The van der Waals surface area contributed by atoms with E-state index in [-0.39, 0.29) is 17.4 Å². The van der Waals surface area contributed by atoms with Crippen molar-refractivity contribution >= 4 is 12.0 Å². The zero-order valence-electron chi connectivity index (χ0n) is 15.2. The van der Waals surface area contributed by atoms with E-state index < -0.39 is 11.4 Å². The molecule has 2 saturated carbocycles. The predicted molar refractivity (Wildman–Crippen MR) is 96.3 cm³/mol. The Morgan fingerprint density at radius 1 is 1.35 bits per heavy atom. The van der Waals surface area contributed by atoms with Crippen LogP contribution in [0.15, 0.2) is 24.3 Å². The number of carbonyl (C=O) groups excluding carboxylic acids is 1. The van der Waals surface area contributed by atoms with E-state index in [1.165, 1.54) is 5.56 Å². The van der Waals surface area contributed by atoms with Crippen molar-refractivity contribution in [2.45, 2.75) is 37.5 Å². The maximum Gasteiger partial charge on any atom is 0.317 e. The fourth-order valence-corrected chi connectivity index (χ4v) is 4.82. The third-order valence-corrected chi connectivity index (χ3v) is 6.70. The zero-order valence-corrected chi connectivity index (χ0v) is 15.2. The Morgan fingerprint density at radius 3 is 2.81 bits per heavy atom. The molecule has 2 atom stereocenters. The summed E-state index contributed by atoms with van der Waals surface area (Å²) in [6, 6.07) is 7.90. The van der Waals surface area contributed by atoms with Gasteiger partial charge in [-0.3, -0.25) is 4.79 Å². The fourth-order valence-electron chi connectivity index (χ4n) is 4.82. The van der Waals surface area contributed by atoms with E-state index in [0.717, 1.165) is 31.4 Å². The first kappa shape index (κ1) is 17.2. The Balaban J connectivity index is 1.40. The summed E-state index contributed by atoms with van der Waals surface area (Å²) in [5, 5.41) is 12.7. The van der Waals surface area contributed by atoms with E-state index in [1.807, 2.05) is 18.2 Å². The number of nitrogens with one attached hydrogen (secondary N) is 1. The Hall–Kier alpha value is -2.24. The first-order chi connectivity index (χ1) is 12.5. The summed E-state index contributed by atoms with van der Waals surface area (Å²) in [5.74, 6) is 0.181. The number of aliphatic carboxylic acids is 1. The summed E-state index contributed by atoms with van der Waals surface area (Å²) in [4.78, 5) is 26.2. The number of urea groups is 1. The van der Waals surface area contributed by atoms with Gasteiger partial charge in [0.15, 0.2) is 0 Å². The summed E-state index contributed by atoms with van der Waals surface area (Å²) in [6.45, 7) is 1.48. The number of ether oxygens (including phenoxy) is 1. The van der Waals surface area contributed by atoms with Crippen molar-refractivity contribution in [1.29, 1.82) is 0 Å². The number of likely N-dealkylation sites (tertiary alicyclic amines) is 1. The third kappa shape index (κ3) is 2.72. The third-order valence-electron chi connectivity index (χ3n) is 6.70. The topological polar surface area (TPSA) is 78.9 Å². The SMILES string of the molecule is COc1cccc(C2(CNC(=O)N3C[C@@H]4CCC[C@@]4(C(=O)O)C3)CC2)c1. The van der Waals surface area contributed by atoms with E-state index in [0.29, 0.717) is 26.1 Å². The summed E-state index contributed by atoms with van der Waals surface area (Å²) in [7, 11) is 1.66. The van der Waals surface area contributed by atoms with Crippen LogP contribution in [0.1, 0.15) is 37.7 Å². The van der Waals surface area contributed by atoms with Gasteiger partial charge in [0.2, 0.25) is 0 Å². The number of rotatable bonds is 5. The molecule has 1 heterocycles. The molecule has 2 aliphatic carbocycles. The van der Waals surface area contributed by atoms with Crippen LogP contribution in [0.2, 0.25) is 0 Å². The molecule has 0 spiro atoms. The number of hydrogen-bond donors (Lipinski definition) is 2. The number of hydrogen-bond acceptors (Lipinski definition) is 3. The lowest BCUT2D eigenvalue weighted by Crippen LogP contribution is -2.43. The fraction of sp³-hybridized carbons (Fsp3) is 0.600. The molecule has 140 valence electrons. The maximum absolute atomic E-state index is 12.7. The van der Waals surface area contributed by atoms with Crippen molar-refractivity contribution in [3.8, 4) is 5.75 Å². The summed E-state index contributed by atoms with van der Waals surface area (Å²) in [5.41, 5.74) is 0.462. The molecule has 6 nitrogen and oxygen atoms in total. The number of carboxylic acids is 1. The van der Waals surface area contributed by atoms with Gasteiger partial charge in [-0.1, -0.05) is 18.6 Å². The first-order valence-corrected chi connectivity index (χ1v) is 9.40. The molecule has 1 aliphatic heterocycles. The van der Waals surface area contributed by atoms with Gasteiger partial charge in [0.05, 0.1) is 12.5 Å². The van der Waals surface area contributed by atoms with Crippen LogP contribution in [0, 0.1) is 11.3 Å². The van der Waals surface area contributed by atoms with Gasteiger partial charge in [-0.15, -0.1) is 0 Å². The van der Waals surface area contributed by atoms with Crippen molar-refractivity contribution in [1.82, 2.24) is 10.2 Å². The first-order valence-electron chi connectivity index (χ1n) is 9.40. The Bertz CT molecular complexity index is 730. The number of methoxy groups -OCH3 is 1. The summed E-state index contributed by atoms with van der Waals surface area (Å²) in [6.07, 6.45) is 4.63. The number of carboxylic acid groups (broad SMARTS) is 1. The zero-order chi connectivity index (χ0) is 18.4. The smallest absolute Gasteiger partial charge is 0.317 e. The van der Waals surface area contributed by atoms with Gasteiger partial charge in [-0.25, -0.2) is 4.79 Å². The Labute approximate surface area is 153 Å². The lowest BCUT2D eigenvalue weighted by atomic mass is 9.81. The maximum atomic E-state index is 12.7. The molecule has 1 saturated heterocycles. The molecule has 0 unspecified atom stereocenters. The van der Waals surface area contributed by atoms with Gasteiger partial charge in [-0.2, -0.15) is 0 Å². The van der Waals surface area contributed by atoms with Crippen LogP contribution < -0.4 is 10.1 Å². The van der Waals surface area contributed by atoms with E-state index in [1.54, 1.807) is 12.0 Å². The average Bonchev–Trinajstić information content (AvgIpc) is 3.17. The minimum absolute atomic E-state index is 0.00964. The van der Waals surface area contributed by atoms with Gasteiger partial charge in [-0.05, 0) is 49.3 Å². The van der Waals surface area contributed by atoms with Gasteiger partial charge < -0.3 is 20.1 Å². The quantitative estimate of drug-likeness (QED) is 0.848. The molecule has 1 aromatic carbocycles. The number of amides is 2. The van der Waals surface area contributed by atoms with Crippen LogP contribution in [0.5, 0.6) is 5.75 Å². The van der Waals surface area contributed by atoms with Gasteiger partial charge in [0.25, 0.3) is 0 Å². The summed E-state index contributed by atoms with van der Waals surface area (Å²) < 4.78 is 5.31. The highest BCUT2D eigenvalue weighted by Crippen LogP contribution is 2.50. The van der Waals surface area contributed by atoms with Crippen molar-refractivity contribution in [3.05, 3.63) is 29.8 Å². The van der Waals surface area contributed by atoms with Crippen LogP contribution in [0.3, 0.4) is 0 Å². The van der Waals surface area contributed by atoms with Crippen LogP contribution in [-0.4, -0.2) is 48.8 Å². The molecule has 2 N–H and O–H groups in total. The van der Waals surface area contributed by atoms with Gasteiger partial charge in [0, 0.05) is 25.0 Å². The van der Waals surface area contributed by atoms with Crippen molar-refractivity contribution in [2.24, 2.45) is 11.3 Å². The van der Waals surface area contributed by atoms with Crippen LogP contribution in [-0.2, 0) is 10.2 Å². The largest absolute Gasteiger partial charge is 0.497 e. The molecule has 0 aromatic heterocycles. The van der Waals surface area contributed by atoms with Crippen molar-refractivity contribution in [3.63, 3.8) is 0 Å². The molecule has 4 rings (SSSR count). The molecule has 1 aromatic rings. The molecular formula is C20H26N2O4. The van der Waals surface area contributed by atoms with Gasteiger partial charge >= 0.3 is 12.0 Å². The number of benzene rings is 1. The van der Waals surface area contributed by atoms with Crippen LogP contribution in [0.25, 0.3) is 0 Å². The number of carbonyl (C=O) groups is 2. The number of fused-ring (bicyclic) bond motifs is 1. The van der Waals surface area contributed by atoms with E-state index >= 15 is 0 Å². The number of nitrogens with zero attached hydrogens (tertiary/aromatic N) is 1. The molecule has 0 radical (unpaired) electrons. The minimum atomic E-state index is -0.745. The van der Waals surface area contributed by atoms with E-state index in [4.69, 9.17) is 4.74 Å². The highest BCUT2D eigenvalue weighted by atomic mass is 16.5. The molecular weight excluding hydrogens is 332 g/mol. The second-order valence-corrected chi connectivity index (χ2v) is 8.10. The van der Waals surface area contributed by atoms with Crippen LogP contribution >= 0.6 is 0 Å². The van der Waals surface area contributed by atoms with E-state index in [2.05, 4.69) is 11.4 Å². The summed E-state index contributed by atoms with van der Waals surface area (Å²) >= 11 is 0. The minimum Gasteiger partial charge on any atom is -0.497 e. The molecule has 2 amide bonds. The van der Waals surface area contributed by atoms with Crippen molar-refractivity contribution in [2.75, 3.05) is 26.7 Å². The highest BCUT2D eigenvalue weighted by Gasteiger charge is 2.56. The standard InChI is InChI=1S/C20H26N2O4/c1-26-16-6-2-4-14(10-16)19(8-9-19)12-21-18(25)22-11-15-5-3-7-20(15,13-22)17(23)24/h2,4,6,10,15H,3,5,7-9,11-13H2,1H3,(H,21,25)(H,23,24)/t15-,20+/m0/s1. The molecule has 3 fully saturated rings. The second kappa shape index (κ2) is 6.18. The Morgan fingerprint density at radius 2 is 2.15 bits per heavy atom. The molecule has 26 heavy (non-hydrogen) atoms. The normalized spacial score (nSPS) is 28.5. The molecule has 0 bridgehead atoms. The van der Waals surface area contributed by atoms with Gasteiger partial charge in [0.1, 0.15) is 5.75 Å². The lowest BCUT2D eigenvalue weighted by Gasteiger charge is -2.24. The predicted octanol–water partition coefficient (Wildman–Crippen LogP) is 2.62. The van der Waals surface area contributed by atoms with Crippen molar-refractivity contribution < 1.29 is 19.4 Å². The monoisotopic (exact) mass is 358 g/mol. The Kier molecular flexibility index (Phi) is 4.09. The van der Waals surface area contributed by atoms with Crippen LogP contribution in [0.4, 0.5) is 4.79 Å².